The van der Waals surface area contributed by atoms with E-state index < -0.39 is 6.04 Å². The van der Waals surface area contributed by atoms with Crippen molar-refractivity contribution in [3.8, 4) is 0 Å². The topological polar surface area (TPSA) is 40.6 Å². The number of rotatable bonds is 4. The molecule has 1 aliphatic rings. The third-order valence-electron chi connectivity index (χ3n) is 4.60. The quantitative estimate of drug-likeness (QED) is 0.756. The highest BCUT2D eigenvalue weighted by Crippen LogP contribution is 2.23. The normalized spacial score (nSPS) is 16.6. The number of benzene rings is 2. The zero-order valence-electron chi connectivity index (χ0n) is 14.5. The summed E-state index contributed by atoms with van der Waals surface area (Å²) in [5.74, 6) is -0.509. The van der Waals surface area contributed by atoms with Crippen LogP contribution in [0.15, 0.2) is 53.0 Å². The van der Waals surface area contributed by atoms with Crippen molar-refractivity contribution < 1.29 is 14.0 Å². The van der Waals surface area contributed by atoms with Gasteiger partial charge in [-0.05, 0) is 54.8 Å². The second-order valence-corrected chi connectivity index (χ2v) is 7.40. The largest absolute Gasteiger partial charge is 0.340 e. The van der Waals surface area contributed by atoms with E-state index >= 15 is 0 Å². The predicted molar refractivity (Wildman–Crippen MR) is 101 cm³/mol. The zero-order chi connectivity index (χ0) is 18.7. The Hall–Kier alpha value is -2.21. The van der Waals surface area contributed by atoms with E-state index in [9.17, 15) is 14.0 Å². The van der Waals surface area contributed by atoms with Gasteiger partial charge in [0.15, 0.2) is 0 Å². The van der Waals surface area contributed by atoms with Gasteiger partial charge >= 0.3 is 0 Å². The number of carbonyl (C=O) groups is 2. The van der Waals surface area contributed by atoms with Crippen LogP contribution in [-0.2, 0) is 11.3 Å². The molecule has 1 aliphatic heterocycles. The molecule has 1 saturated heterocycles. The number of hydrogen-bond acceptors (Lipinski definition) is 2. The smallest absolute Gasteiger partial charge is 0.254 e. The Bertz CT molecular complexity index is 792. The second-order valence-electron chi connectivity index (χ2n) is 6.48. The molecule has 1 atom stereocenters. The summed E-state index contributed by atoms with van der Waals surface area (Å²) in [5, 5.41) is 0. The Labute approximate surface area is 160 Å². The third kappa shape index (κ3) is 4.12. The van der Waals surface area contributed by atoms with E-state index in [2.05, 4.69) is 15.9 Å². The lowest BCUT2D eigenvalue weighted by Crippen LogP contribution is -2.46. The zero-order valence-corrected chi connectivity index (χ0v) is 16.1. The number of amides is 2. The monoisotopic (exact) mass is 418 g/mol. The first kappa shape index (κ1) is 18.6. The van der Waals surface area contributed by atoms with Gasteiger partial charge in [0.25, 0.3) is 5.91 Å². The first-order chi connectivity index (χ1) is 12.5. The van der Waals surface area contributed by atoms with Gasteiger partial charge in [-0.15, -0.1) is 0 Å². The lowest BCUT2D eigenvalue weighted by molar-refractivity contribution is -0.134. The molecule has 1 unspecified atom stereocenters. The van der Waals surface area contributed by atoms with E-state index in [4.69, 9.17) is 0 Å². The summed E-state index contributed by atoms with van der Waals surface area (Å²) in [5.41, 5.74) is 1.43. The van der Waals surface area contributed by atoms with Crippen molar-refractivity contribution in [1.29, 1.82) is 0 Å². The molecular formula is C20H20BrFN2O2. The van der Waals surface area contributed by atoms with E-state index in [-0.39, 0.29) is 17.6 Å². The molecule has 0 bridgehead atoms. The molecule has 6 heteroatoms. The van der Waals surface area contributed by atoms with Crippen LogP contribution in [0.1, 0.15) is 28.8 Å². The molecule has 2 aromatic rings. The van der Waals surface area contributed by atoms with Crippen molar-refractivity contribution in [2.24, 2.45) is 0 Å². The molecule has 1 fully saturated rings. The predicted octanol–water partition coefficient (Wildman–Crippen LogP) is 3.85. The molecule has 2 amide bonds. The molecule has 4 nitrogen and oxygen atoms in total. The minimum Gasteiger partial charge on any atom is -0.340 e. The van der Waals surface area contributed by atoms with E-state index in [0.29, 0.717) is 25.1 Å². The Kier molecular flexibility index (Phi) is 5.71. The number of nitrogens with zero attached hydrogens (tertiary/aromatic N) is 2. The van der Waals surface area contributed by atoms with Gasteiger partial charge in [0.2, 0.25) is 5.91 Å². The SMILES string of the molecule is CN(Cc1ccc(F)cc1)C(=O)C1CCCN1C(=O)c1ccc(Br)cc1. The summed E-state index contributed by atoms with van der Waals surface area (Å²) in [6.45, 7) is 0.964. The number of halogens is 2. The van der Waals surface area contributed by atoms with Gasteiger partial charge in [0.1, 0.15) is 11.9 Å². The van der Waals surface area contributed by atoms with Gasteiger partial charge in [0, 0.05) is 30.2 Å². The Morgan fingerprint density at radius 1 is 1.15 bits per heavy atom. The summed E-state index contributed by atoms with van der Waals surface area (Å²) in [4.78, 5) is 28.9. The van der Waals surface area contributed by atoms with Gasteiger partial charge in [0.05, 0.1) is 0 Å². The van der Waals surface area contributed by atoms with Crippen LogP contribution in [0.4, 0.5) is 4.39 Å². The van der Waals surface area contributed by atoms with Crippen LogP contribution in [0.2, 0.25) is 0 Å². The maximum Gasteiger partial charge on any atom is 0.254 e. The molecular weight excluding hydrogens is 399 g/mol. The van der Waals surface area contributed by atoms with Crippen molar-refractivity contribution >= 4 is 27.7 Å². The van der Waals surface area contributed by atoms with Crippen LogP contribution in [0.5, 0.6) is 0 Å². The van der Waals surface area contributed by atoms with E-state index in [1.54, 1.807) is 41.1 Å². The molecule has 0 aliphatic carbocycles. The Morgan fingerprint density at radius 3 is 2.46 bits per heavy atom. The standard InChI is InChI=1S/C20H20BrFN2O2/c1-23(13-14-4-10-17(22)11-5-14)20(26)18-3-2-12-24(18)19(25)15-6-8-16(21)9-7-15/h4-11,18H,2-3,12-13H2,1H3. The minimum absolute atomic E-state index is 0.0858. The van der Waals surface area contributed by atoms with Crippen molar-refractivity contribution in [3.63, 3.8) is 0 Å². The molecule has 3 rings (SSSR count). The number of likely N-dealkylation sites (N-methyl/N-ethyl adjacent to an activating group) is 1. The molecule has 0 radical (unpaired) electrons. The minimum atomic E-state index is -0.448. The van der Waals surface area contributed by atoms with Crippen LogP contribution in [0, 0.1) is 5.82 Å². The summed E-state index contributed by atoms with van der Waals surface area (Å²) < 4.78 is 13.9. The highest BCUT2D eigenvalue weighted by atomic mass is 79.9. The summed E-state index contributed by atoms with van der Waals surface area (Å²) in [6, 6.07) is 12.8. The van der Waals surface area contributed by atoms with Crippen LogP contribution >= 0.6 is 15.9 Å². The number of carbonyl (C=O) groups excluding carboxylic acids is 2. The summed E-state index contributed by atoms with van der Waals surface area (Å²) in [6.07, 6.45) is 1.47. The molecule has 0 saturated carbocycles. The van der Waals surface area contributed by atoms with Gasteiger partial charge in [-0.1, -0.05) is 28.1 Å². The average Bonchev–Trinajstić information content (AvgIpc) is 3.12. The van der Waals surface area contributed by atoms with Crippen molar-refractivity contribution in [3.05, 3.63) is 69.9 Å². The van der Waals surface area contributed by atoms with E-state index in [1.165, 1.54) is 12.1 Å². The van der Waals surface area contributed by atoms with Gasteiger partial charge in [-0.3, -0.25) is 9.59 Å². The van der Waals surface area contributed by atoms with E-state index in [0.717, 1.165) is 16.5 Å². The van der Waals surface area contributed by atoms with Gasteiger partial charge in [-0.25, -0.2) is 4.39 Å². The van der Waals surface area contributed by atoms with Crippen LogP contribution < -0.4 is 0 Å². The fraction of sp³-hybridized carbons (Fsp3) is 0.300. The Balaban J connectivity index is 1.70. The van der Waals surface area contributed by atoms with Crippen molar-refractivity contribution in [1.82, 2.24) is 9.80 Å². The van der Waals surface area contributed by atoms with Crippen LogP contribution in [0.25, 0.3) is 0 Å². The maximum absolute atomic E-state index is 13.0. The highest BCUT2D eigenvalue weighted by molar-refractivity contribution is 9.10. The lowest BCUT2D eigenvalue weighted by atomic mass is 10.1. The molecule has 2 aromatic carbocycles. The second kappa shape index (κ2) is 7.99. The van der Waals surface area contributed by atoms with Crippen molar-refractivity contribution in [2.75, 3.05) is 13.6 Å². The van der Waals surface area contributed by atoms with Crippen LogP contribution in [0.3, 0.4) is 0 Å². The molecule has 26 heavy (non-hydrogen) atoms. The van der Waals surface area contributed by atoms with Crippen LogP contribution in [-0.4, -0.2) is 41.2 Å². The third-order valence-corrected chi connectivity index (χ3v) is 5.13. The maximum atomic E-state index is 13.0. The lowest BCUT2D eigenvalue weighted by Gasteiger charge is -2.28. The van der Waals surface area contributed by atoms with Crippen molar-refractivity contribution in [2.45, 2.75) is 25.4 Å². The first-order valence-electron chi connectivity index (χ1n) is 8.51. The molecule has 0 spiro atoms. The highest BCUT2D eigenvalue weighted by Gasteiger charge is 2.36. The number of likely N-dealkylation sites (tertiary alicyclic amines) is 1. The number of hydrogen-bond donors (Lipinski definition) is 0. The molecule has 0 N–H and O–H groups in total. The van der Waals surface area contributed by atoms with Gasteiger partial charge in [-0.2, -0.15) is 0 Å². The average molecular weight is 419 g/mol. The molecule has 0 aromatic heterocycles. The summed E-state index contributed by atoms with van der Waals surface area (Å²) in [7, 11) is 1.71. The first-order valence-corrected chi connectivity index (χ1v) is 9.31. The van der Waals surface area contributed by atoms with E-state index in [1.807, 2.05) is 12.1 Å². The Morgan fingerprint density at radius 2 is 1.81 bits per heavy atom. The molecule has 1 heterocycles. The molecule has 136 valence electrons. The van der Waals surface area contributed by atoms with Gasteiger partial charge < -0.3 is 9.80 Å². The fourth-order valence-electron chi connectivity index (χ4n) is 3.22. The summed E-state index contributed by atoms with van der Waals surface area (Å²) >= 11 is 3.36. The fourth-order valence-corrected chi connectivity index (χ4v) is 3.49.